The number of imide groups is 1. The van der Waals surface area contributed by atoms with Gasteiger partial charge in [0, 0.05) is 60.0 Å². The number of carbonyl (C=O) groups excluding carboxylic acids is 7. The molecule has 1 fully saturated rings. The van der Waals surface area contributed by atoms with Crippen LogP contribution in [0.1, 0.15) is 107 Å². The lowest BCUT2D eigenvalue weighted by Gasteiger charge is -2.41. The molecule has 17 heteroatoms. The van der Waals surface area contributed by atoms with E-state index >= 15 is 0 Å². The Hall–Kier alpha value is -4.38. The Balaban J connectivity index is 2.19. The molecular weight excluding hydrogens is 777 g/mol. The smallest absolute Gasteiger partial charge is 0.325 e. The molecule has 2 rings (SSSR count). The quantitative estimate of drug-likeness (QED) is 0.0898. The monoisotopic (exact) mass is 849 g/mol. The van der Waals surface area contributed by atoms with Gasteiger partial charge in [-0.3, -0.25) is 43.3 Å². The van der Waals surface area contributed by atoms with E-state index in [1.807, 2.05) is 41.5 Å². The number of carboxylic acids is 1. The van der Waals surface area contributed by atoms with Gasteiger partial charge >= 0.3 is 5.97 Å². The van der Waals surface area contributed by atoms with E-state index in [-0.39, 0.29) is 66.7 Å². The van der Waals surface area contributed by atoms with Gasteiger partial charge in [-0.1, -0.05) is 61.3 Å². The molecule has 340 valence electrons. The molecule has 60 heavy (non-hydrogen) atoms. The number of hydrogen-bond donors (Lipinski definition) is 3. The van der Waals surface area contributed by atoms with Crippen LogP contribution < -0.4 is 10.6 Å². The maximum absolute atomic E-state index is 14.5. The maximum atomic E-state index is 14.5. The summed E-state index contributed by atoms with van der Waals surface area (Å²) < 4.78 is 11.8. The third-order valence-electron chi connectivity index (χ3n) is 12.1. The Kier molecular flexibility index (Phi) is 20.8. The average Bonchev–Trinajstić information content (AvgIpc) is 3.81. The number of unbranched alkanes of at least 4 members (excludes halogenated alkanes) is 2. The highest BCUT2D eigenvalue weighted by Crippen LogP contribution is 2.30. The van der Waals surface area contributed by atoms with Crippen LogP contribution in [0.5, 0.6) is 0 Å². The number of likely N-dealkylation sites (N-methyl/N-ethyl adjacent to an activating group) is 2. The number of hydrogen-bond acceptors (Lipinski definition) is 10. The molecule has 9 atom stereocenters. The molecule has 2 aliphatic rings. The van der Waals surface area contributed by atoms with Crippen LogP contribution in [0.15, 0.2) is 12.2 Å². The van der Waals surface area contributed by atoms with E-state index in [2.05, 4.69) is 10.6 Å². The van der Waals surface area contributed by atoms with Gasteiger partial charge in [0.15, 0.2) is 0 Å². The first-order valence-electron chi connectivity index (χ1n) is 21.4. The summed E-state index contributed by atoms with van der Waals surface area (Å²) in [5.74, 6) is -5.15. The zero-order valence-corrected chi connectivity index (χ0v) is 37.9. The molecule has 3 N–H and O–H groups in total. The van der Waals surface area contributed by atoms with E-state index in [9.17, 15) is 43.5 Å². The number of methoxy groups -OCH3 is 2. The van der Waals surface area contributed by atoms with Gasteiger partial charge in [0.25, 0.3) is 11.8 Å². The van der Waals surface area contributed by atoms with Gasteiger partial charge in [-0.15, -0.1) is 0 Å². The third-order valence-corrected chi connectivity index (χ3v) is 12.1. The Morgan fingerprint density at radius 1 is 0.850 bits per heavy atom. The van der Waals surface area contributed by atoms with Crippen molar-refractivity contribution >= 4 is 47.3 Å². The molecule has 2 heterocycles. The average molecular weight is 849 g/mol. The van der Waals surface area contributed by atoms with Crippen LogP contribution in [0, 0.1) is 23.7 Å². The van der Waals surface area contributed by atoms with Crippen molar-refractivity contribution in [2.45, 2.75) is 149 Å². The van der Waals surface area contributed by atoms with Crippen molar-refractivity contribution in [2.75, 3.05) is 41.4 Å². The topological polar surface area (TPSA) is 212 Å². The maximum Gasteiger partial charge on any atom is 0.325 e. The standard InChI is InChI=1S/C43H72N6O11/c1-13-27(6)38(31(59-11)24-35(53)48-23-17-18-30(48)39(60-12)28(7)40(54)44-29(8)43(57)58)47(10)42(56)36(25(2)3)45-41(55)37(26(4)5)46(9)32(50)19-15-14-16-22-49-33(51)20-21-34(49)52/h20-21,25-31,36-39H,13-19,22-24H2,1-12H3,(H,44,54)(H,45,55)(H,57,58)/t27-,28+,29-,30-,31?,36-,37-,38-,39?/m0/s1. The van der Waals surface area contributed by atoms with Crippen molar-refractivity contribution in [1.29, 1.82) is 0 Å². The molecular formula is C43H72N6O11. The number of ether oxygens (including phenoxy) is 2. The fourth-order valence-electron chi connectivity index (χ4n) is 8.32. The van der Waals surface area contributed by atoms with Crippen LogP contribution in [-0.2, 0) is 47.8 Å². The van der Waals surface area contributed by atoms with Gasteiger partial charge < -0.3 is 39.9 Å². The van der Waals surface area contributed by atoms with Crippen LogP contribution >= 0.6 is 0 Å². The van der Waals surface area contributed by atoms with Crippen LogP contribution in [0.4, 0.5) is 0 Å². The minimum absolute atomic E-state index is 0.0700. The van der Waals surface area contributed by atoms with E-state index in [4.69, 9.17) is 9.47 Å². The van der Waals surface area contributed by atoms with E-state index < -0.39 is 66.1 Å². The summed E-state index contributed by atoms with van der Waals surface area (Å²) in [6, 6.07) is -3.93. The highest BCUT2D eigenvalue weighted by Gasteiger charge is 2.43. The summed E-state index contributed by atoms with van der Waals surface area (Å²) in [7, 11) is 6.18. The largest absolute Gasteiger partial charge is 0.480 e. The van der Waals surface area contributed by atoms with Crippen LogP contribution in [0.25, 0.3) is 0 Å². The molecule has 2 unspecified atom stereocenters. The number of aliphatic carboxylic acids is 1. The Morgan fingerprint density at radius 2 is 1.47 bits per heavy atom. The highest BCUT2D eigenvalue weighted by atomic mass is 16.5. The van der Waals surface area contributed by atoms with Crippen LogP contribution in [0.2, 0.25) is 0 Å². The Bertz CT molecular complexity index is 1530. The second-order valence-electron chi connectivity index (χ2n) is 17.1. The molecule has 0 bridgehead atoms. The van der Waals surface area contributed by atoms with Gasteiger partial charge in [-0.25, -0.2) is 0 Å². The summed E-state index contributed by atoms with van der Waals surface area (Å²) in [6.07, 6.45) is 4.73. The fourth-order valence-corrected chi connectivity index (χ4v) is 8.32. The minimum Gasteiger partial charge on any atom is -0.480 e. The zero-order valence-electron chi connectivity index (χ0n) is 37.9. The first-order chi connectivity index (χ1) is 28.1. The summed E-state index contributed by atoms with van der Waals surface area (Å²) in [5, 5.41) is 14.7. The lowest BCUT2D eigenvalue weighted by molar-refractivity contribution is -0.149. The first kappa shape index (κ1) is 51.8. The van der Waals surface area contributed by atoms with Crippen molar-refractivity contribution in [3.8, 4) is 0 Å². The number of rotatable bonds is 25. The predicted molar refractivity (Wildman–Crippen MR) is 224 cm³/mol. The number of nitrogens with zero attached hydrogens (tertiary/aromatic N) is 4. The lowest BCUT2D eigenvalue weighted by Crippen LogP contribution is -2.60. The molecule has 0 radical (unpaired) electrons. The molecule has 0 aromatic rings. The number of nitrogens with one attached hydrogen (secondary N) is 2. The lowest BCUT2D eigenvalue weighted by atomic mass is 9.89. The number of carbonyl (C=O) groups is 8. The van der Waals surface area contributed by atoms with Gasteiger partial charge in [0.05, 0.1) is 36.6 Å². The summed E-state index contributed by atoms with van der Waals surface area (Å²) in [6.45, 7) is 15.0. The van der Waals surface area contributed by atoms with E-state index in [1.54, 1.807) is 30.8 Å². The SMILES string of the molecule is CC[C@H](C)[C@@H](C(CC(=O)N1CCC[C@H]1C(OC)[C@@H](C)C(=O)N[C@@H](C)C(=O)O)OC)N(C)C(=O)[C@@H](NC(=O)[C@H](C(C)C)N(C)C(=O)CCCCCN1C(=O)C=CC1=O)C(C)C. The molecule has 2 aliphatic heterocycles. The molecule has 17 nitrogen and oxygen atoms in total. The van der Waals surface area contributed by atoms with Crippen LogP contribution in [-0.4, -0.2) is 156 Å². The summed E-state index contributed by atoms with van der Waals surface area (Å²) in [5.41, 5.74) is 0. The molecule has 0 aliphatic carbocycles. The molecule has 0 saturated carbocycles. The second-order valence-corrected chi connectivity index (χ2v) is 17.1. The number of amides is 7. The number of carboxylic acid groups (broad SMARTS) is 1. The molecule has 1 saturated heterocycles. The van der Waals surface area contributed by atoms with Crippen molar-refractivity contribution in [2.24, 2.45) is 23.7 Å². The first-order valence-corrected chi connectivity index (χ1v) is 21.4. The second kappa shape index (κ2) is 24.2. The third kappa shape index (κ3) is 13.6. The highest BCUT2D eigenvalue weighted by molar-refractivity contribution is 6.12. The molecule has 7 amide bonds. The zero-order chi connectivity index (χ0) is 45.6. The Morgan fingerprint density at radius 3 is 1.98 bits per heavy atom. The van der Waals surface area contributed by atoms with Crippen molar-refractivity contribution in [1.82, 2.24) is 30.2 Å². The molecule has 0 aromatic carbocycles. The predicted octanol–water partition coefficient (Wildman–Crippen LogP) is 2.61. The minimum atomic E-state index is -1.17. The summed E-state index contributed by atoms with van der Waals surface area (Å²) in [4.78, 5) is 110. The van der Waals surface area contributed by atoms with Gasteiger partial charge in [0.1, 0.15) is 18.1 Å². The normalized spacial score (nSPS) is 19.4. The van der Waals surface area contributed by atoms with Crippen LogP contribution in [0.3, 0.4) is 0 Å². The summed E-state index contributed by atoms with van der Waals surface area (Å²) >= 11 is 0. The molecule has 0 spiro atoms. The number of likely N-dealkylation sites (tertiary alicyclic amines) is 1. The van der Waals surface area contributed by atoms with E-state index in [1.165, 1.54) is 43.1 Å². The van der Waals surface area contributed by atoms with E-state index in [0.717, 1.165) is 0 Å². The Labute approximate surface area is 356 Å². The fraction of sp³-hybridized carbons (Fsp3) is 0.767. The van der Waals surface area contributed by atoms with Crippen molar-refractivity contribution in [3.05, 3.63) is 12.2 Å². The van der Waals surface area contributed by atoms with Gasteiger partial charge in [0.2, 0.25) is 29.5 Å². The van der Waals surface area contributed by atoms with Crippen molar-refractivity contribution < 1.29 is 52.9 Å². The van der Waals surface area contributed by atoms with Crippen molar-refractivity contribution in [3.63, 3.8) is 0 Å². The van der Waals surface area contributed by atoms with Gasteiger partial charge in [-0.05, 0) is 50.4 Å². The molecule has 0 aromatic heterocycles. The van der Waals surface area contributed by atoms with E-state index in [0.29, 0.717) is 45.1 Å². The van der Waals surface area contributed by atoms with Gasteiger partial charge in [-0.2, -0.15) is 0 Å².